The number of allylic oxidation sites excluding steroid dienone is 3. The molecule has 0 heterocycles. The Hall–Kier alpha value is -0.850. The van der Waals surface area contributed by atoms with E-state index in [0.717, 1.165) is 12.0 Å². The van der Waals surface area contributed by atoms with E-state index in [2.05, 4.69) is 27.4 Å². The average molecular weight is 164 g/mol. The van der Waals surface area contributed by atoms with Crippen molar-refractivity contribution in [2.45, 2.75) is 27.2 Å². The second kappa shape index (κ2) is 2.89. The lowest BCUT2D eigenvalue weighted by Crippen LogP contribution is -2.17. The molecule has 0 aromatic heterocycles. The minimum Gasteiger partial charge on any atom is -0.294 e. The largest absolute Gasteiger partial charge is 0.294 e. The van der Waals surface area contributed by atoms with E-state index in [1.807, 2.05) is 6.08 Å². The highest BCUT2D eigenvalue weighted by Crippen LogP contribution is 2.32. The predicted molar refractivity (Wildman–Crippen MR) is 50.8 cm³/mol. The van der Waals surface area contributed by atoms with E-state index in [-0.39, 0.29) is 17.1 Å². The molecule has 1 heteroatoms. The monoisotopic (exact) mass is 164 g/mol. The molecule has 0 aromatic carbocycles. The fraction of sp³-hybridized carbons (Fsp3) is 0.545. The third-order valence-electron chi connectivity index (χ3n) is 2.07. The first kappa shape index (κ1) is 9.24. The van der Waals surface area contributed by atoms with Gasteiger partial charge in [-0.1, -0.05) is 33.4 Å². The maximum atomic E-state index is 11.3. The van der Waals surface area contributed by atoms with Crippen LogP contribution in [0.5, 0.6) is 0 Å². The summed E-state index contributed by atoms with van der Waals surface area (Å²) in [6.07, 6.45) is 4.37. The van der Waals surface area contributed by atoms with Gasteiger partial charge in [-0.15, -0.1) is 0 Å². The zero-order valence-corrected chi connectivity index (χ0v) is 8.05. The Morgan fingerprint density at radius 1 is 1.42 bits per heavy atom. The van der Waals surface area contributed by atoms with Gasteiger partial charge in [-0.25, -0.2) is 0 Å². The summed E-state index contributed by atoms with van der Waals surface area (Å²) in [7, 11) is 0. The third-order valence-corrected chi connectivity index (χ3v) is 2.07. The topological polar surface area (TPSA) is 17.1 Å². The van der Waals surface area contributed by atoms with Gasteiger partial charge in [0.25, 0.3) is 0 Å². The van der Waals surface area contributed by atoms with E-state index in [1.165, 1.54) is 0 Å². The number of ketones is 1. The molecule has 1 unspecified atom stereocenters. The van der Waals surface area contributed by atoms with E-state index in [1.54, 1.807) is 6.08 Å². The van der Waals surface area contributed by atoms with Gasteiger partial charge < -0.3 is 0 Å². The summed E-state index contributed by atoms with van der Waals surface area (Å²) in [5, 5.41) is 0. The van der Waals surface area contributed by atoms with Crippen LogP contribution in [0.1, 0.15) is 27.2 Å². The van der Waals surface area contributed by atoms with E-state index in [4.69, 9.17) is 0 Å². The molecule has 0 aliphatic heterocycles. The molecule has 0 saturated heterocycles. The molecular formula is C11H16O. The van der Waals surface area contributed by atoms with Crippen LogP contribution < -0.4 is 0 Å². The van der Waals surface area contributed by atoms with Crippen LogP contribution in [0.3, 0.4) is 0 Å². The van der Waals surface area contributed by atoms with Gasteiger partial charge in [0.15, 0.2) is 5.78 Å². The number of hydrogen-bond donors (Lipinski definition) is 0. The molecule has 1 aliphatic rings. The molecule has 1 nitrogen and oxygen atoms in total. The Morgan fingerprint density at radius 2 is 2.00 bits per heavy atom. The summed E-state index contributed by atoms with van der Waals surface area (Å²) in [6, 6.07) is 0. The van der Waals surface area contributed by atoms with E-state index < -0.39 is 0 Å². The molecule has 0 radical (unpaired) electrons. The molecule has 1 rings (SSSR count). The summed E-state index contributed by atoms with van der Waals surface area (Å²) < 4.78 is 0. The molecule has 0 saturated carbocycles. The standard InChI is InChI=1S/C11H16O/c1-8-5-6-10(12)9(8)7-11(2,3)4/h5-6,9H,1,7H2,2-4H3. The quantitative estimate of drug-likeness (QED) is 0.582. The first-order chi connectivity index (χ1) is 5.40. The molecule has 0 bridgehead atoms. The molecule has 1 aliphatic carbocycles. The highest BCUT2D eigenvalue weighted by molar-refractivity contribution is 5.98. The fourth-order valence-corrected chi connectivity index (χ4v) is 1.45. The van der Waals surface area contributed by atoms with E-state index >= 15 is 0 Å². The van der Waals surface area contributed by atoms with Crippen molar-refractivity contribution in [1.82, 2.24) is 0 Å². The van der Waals surface area contributed by atoms with E-state index in [0.29, 0.717) is 0 Å². The van der Waals surface area contributed by atoms with Crippen LogP contribution in [-0.2, 0) is 4.79 Å². The summed E-state index contributed by atoms with van der Waals surface area (Å²) in [4.78, 5) is 11.3. The molecular weight excluding hydrogens is 148 g/mol. The highest BCUT2D eigenvalue weighted by atomic mass is 16.1. The van der Waals surface area contributed by atoms with Gasteiger partial charge in [-0.2, -0.15) is 0 Å². The van der Waals surface area contributed by atoms with Crippen LogP contribution in [0, 0.1) is 11.3 Å². The third kappa shape index (κ3) is 2.07. The highest BCUT2D eigenvalue weighted by Gasteiger charge is 2.27. The Bertz CT molecular complexity index is 222. The molecule has 0 fully saturated rings. The van der Waals surface area contributed by atoms with Crippen LogP contribution in [0.25, 0.3) is 0 Å². The number of rotatable bonds is 1. The minimum absolute atomic E-state index is 0.0463. The number of hydrogen-bond acceptors (Lipinski definition) is 1. The van der Waals surface area contributed by atoms with Gasteiger partial charge in [-0.05, 0) is 23.5 Å². The van der Waals surface area contributed by atoms with Gasteiger partial charge in [-0.3, -0.25) is 4.79 Å². The van der Waals surface area contributed by atoms with Crippen LogP contribution in [-0.4, -0.2) is 5.78 Å². The zero-order valence-electron chi connectivity index (χ0n) is 8.05. The molecule has 0 spiro atoms. The Labute approximate surface area is 74.2 Å². The van der Waals surface area contributed by atoms with Gasteiger partial charge >= 0.3 is 0 Å². The predicted octanol–water partition coefficient (Wildman–Crippen LogP) is 2.73. The molecule has 1 atom stereocenters. The fourth-order valence-electron chi connectivity index (χ4n) is 1.45. The molecule has 0 amide bonds. The van der Waals surface area contributed by atoms with Gasteiger partial charge in [0.2, 0.25) is 0 Å². The van der Waals surface area contributed by atoms with Gasteiger partial charge in [0, 0.05) is 5.92 Å². The lowest BCUT2D eigenvalue weighted by atomic mass is 9.82. The first-order valence-electron chi connectivity index (χ1n) is 4.31. The SMILES string of the molecule is C=C1C=CC(=O)C1CC(C)(C)C. The second-order valence-electron chi connectivity index (χ2n) is 4.63. The van der Waals surface area contributed by atoms with Crippen molar-refractivity contribution < 1.29 is 4.79 Å². The second-order valence-corrected chi connectivity index (χ2v) is 4.63. The molecule has 66 valence electrons. The Kier molecular flexibility index (Phi) is 2.22. The summed E-state index contributed by atoms with van der Waals surface area (Å²) in [5.41, 5.74) is 1.17. The van der Waals surface area contributed by atoms with Crippen molar-refractivity contribution in [2.24, 2.45) is 11.3 Å². The van der Waals surface area contributed by atoms with Crippen LogP contribution in [0.2, 0.25) is 0 Å². The lowest BCUT2D eigenvalue weighted by molar-refractivity contribution is -0.117. The summed E-state index contributed by atoms with van der Waals surface area (Å²) in [5.74, 6) is 0.264. The maximum absolute atomic E-state index is 11.3. The number of carbonyl (C=O) groups is 1. The first-order valence-corrected chi connectivity index (χ1v) is 4.31. The lowest BCUT2D eigenvalue weighted by Gasteiger charge is -2.22. The van der Waals surface area contributed by atoms with Crippen molar-refractivity contribution in [3.8, 4) is 0 Å². The van der Waals surface area contributed by atoms with Gasteiger partial charge in [0.05, 0.1) is 0 Å². The number of carbonyl (C=O) groups excluding carboxylic acids is 1. The normalized spacial score (nSPS) is 23.8. The van der Waals surface area contributed by atoms with E-state index in [9.17, 15) is 4.79 Å². The zero-order chi connectivity index (χ0) is 9.35. The maximum Gasteiger partial charge on any atom is 0.163 e. The average Bonchev–Trinajstić information content (AvgIpc) is 2.16. The van der Waals surface area contributed by atoms with Crippen LogP contribution in [0.4, 0.5) is 0 Å². The summed E-state index contributed by atoms with van der Waals surface area (Å²) in [6.45, 7) is 10.3. The molecule has 0 aromatic rings. The van der Waals surface area contributed by atoms with Crippen molar-refractivity contribution in [2.75, 3.05) is 0 Å². The van der Waals surface area contributed by atoms with Crippen molar-refractivity contribution in [1.29, 1.82) is 0 Å². The van der Waals surface area contributed by atoms with Crippen molar-refractivity contribution >= 4 is 5.78 Å². The molecule has 0 N–H and O–H groups in total. The van der Waals surface area contributed by atoms with Crippen LogP contribution in [0.15, 0.2) is 24.3 Å². The van der Waals surface area contributed by atoms with Gasteiger partial charge in [0.1, 0.15) is 0 Å². The smallest absolute Gasteiger partial charge is 0.163 e. The summed E-state index contributed by atoms with van der Waals surface area (Å²) >= 11 is 0. The molecule has 12 heavy (non-hydrogen) atoms. The van der Waals surface area contributed by atoms with Crippen LogP contribution >= 0.6 is 0 Å². The minimum atomic E-state index is 0.0463. The van der Waals surface area contributed by atoms with Crippen molar-refractivity contribution in [3.63, 3.8) is 0 Å². The Morgan fingerprint density at radius 3 is 2.33 bits per heavy atom. The Balaban J connectivity index is 2.66. The van der Waals surface area contributed by atoms with Crippen molar-refractivity contribution in [3.05, 3.63) is 24.3 Å².